The molecule has 3 nitrogen and oxygen atoms in total. The van der Waals surface area contributed by atoms with Gasteiger partial charge in [0.2, 0.25) is 0 Å². The van der Waals surface area contributed by atoms with Gasteiger partial charge in [0.05, 0.1) is 18.4 Å². The van der Waals surface area contributed by atoms with Crippen LogP contribution >= 0.6 is 0 Å². The second-order valence-corrected chi connectivity index (χ2v) is 4.32. The summed E-state index contributed by atoms with van der Waals surface area (Å²) in [4.78, 5) is 0. The second-order valence-electron chi connectivity index (χ2n) is 4.32. The Hall–Kier alpha value is -2.38. The predicted molar refractivity (Wildman–Crippen MR) is 75.5 cm³/mol. The van der Waals surface area contributed by atoms with Crippen molar-refractivity contribution in [3.05, 3.63) is 65.5 Å². The number of nitrogens with one attached hydrogen (secondary N) is 1. The molecular weight excluding hydrogens is 255 g/mol. The summed E-state index contributed by atoms with van der Waals surface area (Å²) in [7, 11) is 1.60. The maximum atomic E-state index is 13.7. The first-order valence-corrected chi connectivity index (χ1v) is 6.23. The van der Waals surface area contributed by atoms with E-state index in [0.29, 0.717) is 12.3 Å². The van der Waals surface area contributed by atoms with Gasteiger partial charge in [-0.1, -0.05) is 36.4 Å². The smallest absolute Gasteiger partial charge is 0.146 e. The molecule has 0 bridgehead atoms. The average molecular weight is 270 g/mol. The fourth-order valence-electron chi connectivity index (χ4n) is 2.02. The summed E-state index contributed by atoms with van der Waals surface area (Å²) in [5, 5.41) is 12.3. The number of hydrogen-bond acceptors (Lipinski definition) is 3. The zero-order valence-electron chi connectivity index (χ0n) is 11.1. The van der Waals surface area contributed by atoms with Crippen molar-refractivity contribution < 1.29 is 9.13 Å². The maximum absolute atomic E-state index is 13.7. The van der Waals surface area contributed by atoms with Gasteiger partial charge in [-0.05, 0) is 23.3 Å². The average Bonchev–Trinajstić information content (AvgIpc) is 2.48. The zero-order chi connectivity index (χ0) is 14.4. The molecule has 1 unspecified atom stereocenters. The fraction of sp³-hybridized carbons (Fsp3) is 0.188. The molecule has 4 heteroatoms. The van der Waals surface area contributed by atoms with Gasteiger partial charge in [0.15, 0.2) is 0 Å². The molecule has 1 N–H and O–H groups in total. The van der Waals surface area contributed by atoms with Crippen LogP contribution in [0.15, 0.2) is 48.5 Å². The maximum Gasteiger partial charge on any atom is 0.146 e. The van der Waals surface area contributed by atoms with Gasteiger partial charge in [0.1, 0.15) is 11.9 Å². The number of methoxy groups -OCH3 is 1. The molecule has 0 radical (unpaired) electrons. The first-order chi connectivity index (χ1) is 9.76. The number of anilines is 1. The monoisotopic (exact) mass is 270 g/mol. The molecule has 0 saturated carbocycles. The largest absolute Gasteiger partial charge is 0.380 e. The van der Waals surface area contributed by atoms with E-state index >= 15 is 0 Å². The molecule has 0 aliphatic rings. The second kappa shape index (κ2) is 6.69. The summed E-state index contributed by atoms with van der Waals surface area (Å²) < 4.78 is 18.8. The van der Waals surface area contributed by atoms with Gasteiger partial charge >= 0.3 is 0 Å². The summed E-state index contributed by atoms with van der Waals surface area (Å²) in [5.74, 6) is -0.378. The van der Waals surface area contributed by atoms with Gasteiger partial charge in [-0.25, -0.2) is 4.39 Å². The molecule has 102 valence electrons. The first kappa shape index (κ1) is 14.0. The lowest BCUT2D eigenvalue weighted by molar-refractivity contribution is 0.184. The minimum atomic E-state index is -0.627. The Labute approximate surface area is 117 Å². The van der Waals surface area contributed by atoms with Crippen molar-refractivity contribution in [2.45, 2.75) is 12.6 Å². The van der Waals surface area contributed by atoms with E-state index in [4.69, 9.17) is 4.74 Å². The lowest BCUT2D eigenvalue weighted by Gasteiger charge is -2.17. The molecule has 2 aromatic carbocycles. The summed E-state index contributed by atoms with van der Waals surface area (Å²) in [5.41, 5.74) is 2.01. The Kier molecular flexibility index (Phi) is 4.70. The van der Waals surface area contributed by atoms with Crippen molar-refractivity contribution in [3.8, 4) is 6.07 Å². The molecule has 0 saturated heterocycles. The lowest BCUT2D eigenvalue weighted by atomic mass is 10.0. The van der Waals surface area contributed by atoms with Gasteiger partial charge in [-0.2, -0.15) is 5.26 Å². The summed E-state index contributed by atoms with van der Waals surface area (Å²) in [6, 6.07) is 15.3. The van der Waals surface area contributed by atoms with Crippen molar-refractivity contribution in [1.82, 2.24) is 0 Å². The van der Waals surface area contributed by atoms with E-state index in [-0.39, 0.29) is 5.82 Å². The molecule has 0 spiro atoms. The van der Waals surface area contributed by atoms with Crippen molar-refractivity contribution in [2.24, 2.45) is 0 Å². The third kappa shape index (κ3) is 3.14. The minimum Gasteiger partial charge on any atom is -0.380 e. The number of para-hydroxylation sites is 1. The molecule has 0 aromatic heterocycles. The Bertz CT molecular complexity index is 622. The lowest BCUT2D eigenvalue weighted by Crippen LogP contribution is -2.12. The normalized spacial score (nSPS) is 11.7. The quantitative estimate of drug-likeness (QED) is 0.902. The van der Waals surface area contributed by atoms with Crippen LogP contribution in [0.2, 0.25) is 0 Å². The predicted octanol–water partition coefficient (Wildman–Crippen LogP) is 3.65. The van der Waals surface area contributed by atoms with Gasteiger partial charge in [-0.3, -0.25) is 0 Å². The standard InChI is InChI=1S/C16H15FN2O/c1-20-11-12-6-2-3-7-13(12)16(10-18)19-15-9-5-4-8-14(15)17/h2-9,16,19H,11H2,1H3. The zero-order valence-corrected chi connectivity index (χ0v) is 11.1. The van der Waals surface area contributed by atoms with Crippen LogP contribution in [0.25, 0.3) is 0 Å². The topological polar surface area (TPSA) is 45.0 Å². The Morgan fingerprint density at radius 3 is 2.60 bits per heavy atom. The van der Waals surface area contributed by atoms with E-state index in [1.807, 2.05) is 24.3 Å². The number of nitriles is 1. The number of halogens is 1. The summed E-state index contributed by atoms with van der Waals surface area (Å²) in [6.45, 7) is 0.410. The van der Waals surface area contributed by atoms with E-state index in [1.165, 1.54) is 6.07 Å². The van der Waals surface area contributed by atoms with Crippen LogP contribution in [0.3, 0.4) is 0 Å². The van der Waals surface area contributed by atoms with Crippen LogP contribution < -0.4 is 5.32 Å². The van der Waals surface area contributed by atoms with E-state index in [1.54, 1.807) is 25.3 Å². The molecule has 2 rings (SSSR count). The molecule has 0 aliphatic carbocycles. The van der Waals surface area contributed by atoms with Gasteiger partial charge in [0.25, 0.3) is 0 Å². The molecule has 2 aromatic rings. The van der Waals surface area contributed by atoms with Crippen molar-refractivity contribution in [1.29, 1.82) is 5.26 Å². The van der Waals surface area contributed by atoms with E-state index in [9.17, 15) is 9.65 Å². The highest BCUT2D eigenvalue weighted by atomic mass is 19.1. The van der Waals surface area contributed by atoms with Crippen LogP contribution in [-0.2, 0) is 11.3 Å². The molecule has 0 aliphatic heterocycles. The highest BCUT2D eigenvalue weighted by Gasteiger charge is 2.15. The first-order valence-electron chi connectivity index (χ1n) is 6.23. The van der Waals surface area contributed by atoms with Crippen LogP contribution in [0.1, 0.15) is 17.2 Å². The molecule has 0 heterocycles. The Morgan fingerprint density at radius 2 is 1.90 bits per heavy atom. The molecule has 20 heavy (non-hydrogen) atoms. The van der Waals surface area contributed by atoms with Crippen LogP contribution in [-0.4, -0.2) is 7.11 Å². The number of hydrogen-bond donors (Lipinski definition) is 1. The van der Waals surface area contributed by atoms with E-state index in [0.717, 1.165) is 11.1 Å². The SMILES string of the molecule is COCc1ccccc1C(C#N)Nc1ccccc1F. The number of rotatable bonds is 5. The molecular formula is C16H15FN2O. The highest BCUT2D eigenvalue weighted by molar-refractivity contribution is 5.49. The van der Waals surface area contributed by atoms with Crippen LogP contribution in [0.4, 0.5) is 10.1 Å². The Balaban J connectivity index is 2.30. The third-order valence-corrected chi connectivity index (χ3v) is 2.97. The molecule has 0 amide bonds. The number of benzene rings is 2. The molecule has 0 fully saturated rings. The van der Waals surface area contributed by atoms with Gasteiger partial charge in [-0.15, -0.1) is 0 Å². The summed E-state index contributed by atoms with van der Waals surface area (Å²) in [6.07, 6.45) is 0. The Morgan fingerprint density at radius 1 is 1.20 bits per heavy atom. The number of ether oxygens (including phenoxy) is 1. The van der Waals surface area contributed by atoms with Crippen LogP contribution in [0.5, 0.6) is 0 Å². The van der Waals surface area contributed by atoms with Crippen molar-refractivity contribution in [3.63, 3.8) is 0 Å². The van der Waals surface area contributed by atoms with Gasteiger partial charge < -0.3 is 10.1 Å². The van der Waals surface area contributed by atoms with Crippen molar-refractivity contribution >= 4 is 5.69 Å². The van der Waals surface area contributed by atoms with Crippen LogP contribution in [0, 0.1) is 17.1 Å². The van der Waals surface area contributed by atoms with E-state index in [2.05, 4.69) is 11.4 Å². The van der Waals surface area contributed by atoms with Gasteiger partial charge in [0, 0.05) is 7.11 Å². The third-order valence-electron chi connectivity index (χ3n) is 2.97. The van der Waals surface area contributed by atoms with E-state index < -0.39 is 6.04 Å². The molecule has 1 atom stereocenters. The highest BCUT2D eigenvalue weighted by Crippen LogP contribution is 2.24. The fourth-order valence-corrected chi connectivity index (χ4v) is 2.02. The summed E-state index contributed by atoms with van der Waals surface area (Å²) >= 11 is 0. The minimum absolute atomic E-state index is 0.311. The van der Waals surface area contributed by atoms with Crippen molar-refractivity contribution in [2.75, 3.05) is 12.4 Å². The number of nitrogens with zero attached hydrogens (tertiary/aromatic N) is 1.